The molecule has 1 unspecified atom stereocenters. The molecular weight excluding hydrogens is 322 g/mol. The number of hydrogen-bond acceptors (Lipinski definition) is 3. The van der Waals surface area contributed by atoms with Crippen LogP contribution in [-0.4, -0.2) is 25.6 Å². The van der Waals surface area contributed by atoms with Crippen molar-refractivity contribution in [3.8, 4) is 0 Å². The van der Waals surface area contributed by atoms with Crippen molar-refractivity contribution in [2.45, 2.75) is 30.7 Å². The molecule has 0 spiro atoms. The van der Waals surface area contributed by atoms with Gasteiger partial charge in [-0.2, -0.15) is 0 Å². The highest BCUT2D eigenvalue weighted by Gasteiger charge is 2.35. The Hall–Kier alpha value is -1.08. The van der Waals surface area contributed by atoms with Crippen LogP contribution in [0, 0.1) is 12.8 Å². The molecule has 122 valence electrons. The van der Waals surface area contributed by atoms with Crippen LogP contribution in [0.25, 0.3) is 10.9 Å². The van der Waals surface area contributed by atoms with Crippen molar-refractivity contribution in [2.24, 2.45) is 18.7 Å². The molecule has 0 saturated heterocycles. The van der Waals surface area contributed by atoms with Gasteiger partial charge in [-0.1, -0.05) is 18.2 Å². The molecule has 1 heterocycles. The van der Waals surface area contributed by atoms with Crippen LogP contribution < -0.4 is 10.5 Å². The van der Waals surface area contributed by atoms with E-state index in [2.05, 4.69) is 4.72 Å². The van der Waals surface area contributed by atoms with E-state index < -0.39 is 10.0 Å². The second-order valence-electron chi connectivity index (χ2n) is 5.79. The highest BCUT2D eigenvalue weighted by molar-refractivity contribution is 7.89. The summed E-state index contributed by atoms with van der Waals surface area (Å²) < 4.78 is 30.3. The minimum absolute atomic E-state index is 0. The first kappa shape index (κ1) is 17.3. The quantitative estimate of drug-likeness (QED) is 0.870. The topological polar surface area (TPSA) is 77.1 Å². The van der Waals surface area contributed by atoms with Crippen molar-refractivity contribution in [2.75, 3.05) is 6.54 Å². The van der Waals surface area contributed by atoms with Crippen molar-refractivity contribution in [1.29, 1.82) is 0 Å². The maximum Gasteiger partial charge on any atom is 0.243 e. The van der Waals surface area contributed by atoms with Crippen LogP contribution in [0.5, 0.6) is 0 Å². The fourth-order valence-corrected chi connectivity index (χ4v) is 4.71. The molecule has 1 saturated carbocycles. The molecule has 7 heteroatoms. The van der Waals surface area contributed by atoms with Crippen LogP contribution in [0.1, 0.15) is 18.5 Å². The third kappa shape index (κ3) is 2.88. The smallest absolute Gasteiger partial charge is 0.243 e. The number of aromatic nitrogens is 1. The molecule has 1 atom stereocenters. The SMILES string of the molecule is Cc1c(S(=O)(=O)NC(CN)C2CC2)c2ccccc2n1C.Cl. The lowest BCUT2D eigenvalue weighted by molar-refractivity contribution is 0.519. The van der Waals surface area contributed by atoms with E-state index in [0.29, 0.717) is 17.4 Å². The number of fused-ring (bicyclic) bond motifs is 1. The largest absolute Gasteiger partial charge is 0.347 e. The summed E-state index contributed by atoms with van der Waals surface area (Å²) >= 11 is 0. The minimum Gasteiger partial charge on any atom is -0.347 e. The lowest BCUT2D eigenvalue weighted by Crippen LogP contribution is -2.41. The molecule has 0 aliphatic heterocycles. The summed E-state index contributed by atoms with van der Waals surface area (Å²) in [7, 11) is -1.68. The Morgan fingerprint density at radius 1 is 1.36 bits per heavy atom. The van der Waals surface area contributed by atoms with Gasteiger partial charge in [0.15, 0.2) is 0 Å². The summed E-state index contributed by atoms with van der Waals surface area (Å²) in [6, 6.07) is 7.41. The van der Waals surface area contributed by atoms with Crippen molar-refractivity contribution in [3.63, 3.8) is 0 Å². The van der Waals surface area contributed by atoms with Crippen molar-refractivity contribution < 1.29 is 8.42 Å². The number of sulfonamides is 1. The number of hydrogen-bond donors (Lipinski definition) is 2. The zero-order valence-electron chi connectivity index (χ0n) is 12.7. The number of nitrogens with two attached hydrogens (primary N) is 1. The van der Waals surface area contributed by atoms with E-state index in [1.165, 1.54) is 0 Å². The normalized spacial score (nSPS) is 16.5. The van der Waals surface area contributed by atoms with Gasteiger partial charge in [0, 0.05) is 36.2 Å². The first-order valence-electron chi connectivity index (χ1n) is 7.22. The third-order valence-electron chi connectivity index (χ3n) is 4.36. The maximum atomic E-state index is 12.8. The molecule has 22 heavy (non-hydrogen) atoms. The van der Waals surface area contributed by atoms with Crippen LogP contribution >= 0.6 is 12.4 Å². The number of para-hydroxylation sites is 1. The van der Waals surface area contributed by atoms with Gasteiger partial charge in [0.25, 0.3) is 0 Å². The number of benzene rings is 1. The number of halogens is 1. The molecule has 2 aromatic rings. The molecule has 0 radical (unpaired) electrons. The zero-order valence-corrected chi connectivity index (χ0v) is 14.4. The minimum atomic E-state index is -3.56. The van der Waals surface area contributed by atoms with E-state index in [4.69, 9.17) is 5.73 Å². The predicted octanol–water partition coefficient (Wildman–Crippen LogP) is 1.92. The summed E-state index contributed by atoms with van der Waals surface area (Å²) in [6.07, 6.45) is 2.11. The maximum absolute atomic E-state index is 12.8. The van der Waals surface area contributed by atoms with Crippen LogP contribution in [0.3, 0.4) is 0 Å². The molecule has 1 aromatic heterocycles. The molecule has 3 N–H and O–H groups in total. The summed E-state index contributed by atoms with van der Waals surface area (Å²) in [5.74, 6) is 0.389. The van der Waals surface area contributed by atoms with Crippen LogP contribution in [0.15, 0.2) is 29.2 Å². The van der Waals surface area contributed by atoms with Gasteiger partial charge in [0.1, 0.15) is 4.90 Å². The number of nitrogens with zero attached hydrogens (tertiary/aromatic N) is 1. The Bertz CT molecular complexity index is 781. The molecule has 1 aliphatic carbocycles. The molecular formula is C15H22ClN3O2S. The first-order chi connectivity index (χ1) is 9.95. The van der Waals surface area contributed by atoms with Gasteiger partial charge in [0.2, 0.25) is 10.0 Å². The van der Waals surface area contributed by atoms with Crippen LogP contribution in [-0.2, 0) is 17.1 Å². The summed E-state index contributed by atoms with van der Waals surface area (Å²) in [5, 5.41) is 0.761. The fourth-order valence-electron chi connectivity index (χ4n) is 2.92. The van der Waals surface area contributed by atoms with Crippen molar-refractivity contribution in [3.05, 3.63) is 30.0 Å². The molecule has 3 rings (SSSR count). The Morgan fingerprint density at radius 2 is 2.00 bits per heavy atom. The molecule has 0 bridgehead atoms. The molecule has 1 fully saturated rings. The second-order valence-corrected chi connectivity index (χ2v) is 7.44. The standard InChI is InChI=1S/C15H21N3O2S.ClH/c1-10-15(12-5-3-4-6-14(12)18(10)2)21(19,20)17-13(9-16)11-7-8-11;/h3-6,11,13,17H,7-9,16H2,1-2H3;1H. The molecule has 1 aromatic carbocycles. The van der Waals surface area contributed by atoms with Gasteiger partial charge >= 0.3 is 0 Å². The lowest BCUT2D eigenvalue weighted by Gasteiger charge is -2.16. The van der Waals surface area contributed by atoms with Crippen LogP contribution in [0.2, 0.25) is 0 Å². The van der Waals surface area contributed by atoms with Gasteiger partial charge in [-0.25, -0.2) is 13.1 Å². The Labute approximate surface area is 137 Å². The zero-order chi connectivity index (χ0) is 15.2. The van der Waals surface area contributed by atoms with E-state index in [-0.39, 0.29) is 18.4 Å². The fraction of sp³-hybridized carbons (Fsp3) is 0.467. The monoisotopic (exact) mass is 343 g/mol. The Balaban J connectivity index is 0.00000176. The highest BCUT2D eigenvalue weighted by Crippen LogP contribution is 2.34. The third-order valence-corrected chi connectivity index (χ3v) is 6.03. The number of aryl methyl sites for hydroxylation is 1. The van der Waals surface area contributed by atoms with Crippen LogP contribution in [0.4, 0.5) is 0 Å². The molecule has 1 aliphatic rings. The second kappa shape index (κ2) is 6.20. The van der Waals surface area contributed by atoms with E-state index in [9.17, 15) is 8.42 Å². The number of nitrogens with one attached hydrogen (secondary N) is 1. The van der Waals surface area contributed by atoms with Crippen molar-refractivity contribution in [1.82, 2.24) is 9.29 Å². The Morgan fingerprint density at radius 3 is 2.59 bits per heavy atom. The van der Waals surface area contributed by atoms with E-state index in [1.807, 2.05) is 42.8 Å². The van der Waals surface area contributed by atoms with E-state index >= 15 is 0 Å². The van der Waals surface area contributed by atoms with Gasteiger partial charge in [-0.15, -0.1) is 12.4 Å². The predicted molar refractivity (Wildman–Crippen MR) is 90.8 cm³/mol. The van der Waals surface area contributed by atoms with Gasteiger partial charge < -0.3 is 10.3 Å². The van der Waals surface area contributed by atoms with Gasteiger partial charge in [0.05, 0.1) is 0 Å². The Kier molecular flexibility index (Phi) is 4.87. The lowest BCUT2D eigenvalue weighted by atomic mass is 10.2. The average Bonchev–Trinajstić information content (AvgIpc) is 3.25. The van der Waals surface area contributed by atoms with Gasteiger partial charge in [-0.3, -0.25) is 0 Å². The number of rotatable bonds is 5. The van der Waals surface area contributed by atoms with Gasteiger partial charge in [-0.05, 0) is 31.7 Å². The summed E-state index contributed by atoms with van der Waals surface area (Å²) in [5.41, 5.74) is 7.39. The highest BCUT2D eigenvalue weighted by atomic mass is 35.5. The first-order valence-corrected chi connectivity index (χ1v) is 8.70. The summed E-state index contributed by atoms with van der Waals surface area (Å²) in [4.78, 5) is 0.375. The molecule has 0 amide bonds. The summed E-state index contributed by atoms with van der Waals surface area (Å²) in [6.45, 7) is 2.18. The van der Waals surface area contributed by atoms with Crippen molar-refractivity contribution >= 4 is 33.3 Å². The van der Waals surface area contributed by atoms with E-state index in [1.54, 1.807) is 0 Å². The molecule has 5 nitrogen and oxygen atoms in total. The van der Waals surface area contributed by atoms with E-state index in [0.717, 1.165) is 29.4 Å². The average molecular weight is 344 g/mol.